The molecule has 1 aromatic rings. The number of rotatable bonds is 5. The van der Waals surface area contributed by atoms with Gasteiger partial charge in [0.15, 0.2) is 5.96 Å². The van der Waals surface area contributed by atoms with Crippen LogP contribution < -0.4 is 15.5 Å². The van der Waals surface area contributed by atoms with Gasteiger partial charge in [-0.25, -0.2) is 0 Å². The van der Waals surface area contributed by atoms with Crippen molar-refractivity contribution in [3.05, 3.63) is 17.5 Å². The molecule has 4 rings (SSSR count). The van der Waals surface area contributed by atoms with E-state index < -0.39 is 0 Å². The number of hydrogen-bond acceptors (Lipinski definition) is 4. The number of piperidine rings is 1. The molecule has 1 saturated heterocycles. The fourth-order valence-corrected chi connectivity index (χ4v) is 5.65. The Bertz CT molecular complexity index is 605. The molecule has 2 N–H and O–H groups in total. The molecule has 3 aliphatic rings. The molecule has 6 heteroatoms. The lowest BCUT2D eigenvalue weighted by atomic mass is 9.51. The van der Waals surface area contributed by atoms with Crippen LogP contribution in [-0.2, 0) is 4.74 Å². The first kappa shape index (κ1) is 18.1. The van der Waals surface area contributed by atoms with E-state index >= 15 is 0 Å². The lowest BCUT2D eigenvalue weighted by molar-refractivity contribution is -0.168. The maximum atomic E-state index is 5.97. The van der Waals surface area contributed by atoms with Crippen LogP contribution in [0.1, 0.15) is 45.4 Å². The van der Waals surface area contributed by atoms with Gasteiger partial charge in [0.25, 0.3) is 0 Å². The summed E-state index contributed by atoms with van der Waals surface area (Å²) < 4.78 is 5.97. The molecule has 2 heterocycles. The molecule has 26 heavy (non-hydrogen) atoms. The number of anilines is 1. The van der Waals surface area contributed by atoms with Crippen molar-refractivity contribution in [2.45, 2.75) is 63.6 Å². The average Bonchev–Trinajstić information content (AvgIpc) is 3.13. The van der Waals surface area contributed by atoms with E-state index in [4.69, 9.17) is 4.74 Å². The molecule has 0 aromatic carbocycles. The second-order valence-corrected chi connectivity index (χ2v) is 8.82. The number of guanidine groups is 1. The molecule has 3 fully saturated rings. The zero-order valence-corrected chi connectivity index (χ0v) is 16.9. The fraction of sp³-hybridized carbons (Fsp3) is 0.750. The van der Waals surface area contributed by atoms with Crippen LogP contribution >= 0.6 is 11.3 Å². The van der Waals surface area contributed by atoms with Crippen molar-refractivity contribution in [1.29, 1.82) is 0 Å². The Kier molecular flexibility index (Phi) is 5.41. The number of hydrogen-bond donors (Lipinski definition) is 2. The number of nitrogens with one attached hydrogen (secondary N) is 2. The third-order valence-electron chi connectivity index (χ3n) is 6.63. The molecule has 0 bridgehead atoms. The monoisotopic (exact) mass is 376 g/mol. The predicted molar refractivity (Wildman–Crippen MR) is 109 cm³/mol. The van der Waals surface area contributed by atoms with Crippen LogP contribution in [0.5, 0.6) is 0 Å². The van der Waals surface area contributed by atoms with E-state index in [1.807, 2.05) is 18.4 Å². The standard InChI is InChI=1S/C20H32N4OS/c1-3-25-17-14-16(20(17)9-5-10-20)23-19(21-2)22-15-7-11-24(12-8-15)18-6-4-13-26-18/h4,6,13,15-17H,3,5,7-12,14H2,1-2H3,(H2,21,22,23). The van der Waals surface area contributed by atoms with Crippen molar-refractivity contribution < 1.29 is 4.74 Å². The van der Waals surface area contributed by atoms with Gasteiger partial charge in [-0.2, -0.15) is 0 Å². The van der Waals surface area contributed by atoms with Crippen molar-refractivity contribution in [3.63, 3.8) is 0 Å². The van der Waals surface area contributed by atoms with Crippen LogP contribution in [0.2, 0.25) is 0 Å². The molecule has 1 aromatic heterocycles. The molecule has 0 radical (unpaired) electrons. The van der Waals surface area contributed by atoms with Crippen LogP contribution in [-0.4, -0.2) is 50.9 Å². The summed E-state index contributed by atoms with van der Waals surface area (Å²) in [6.07, 6.45) is 7.83. The van der Waals surface area contributed by atoms with Crippen molar-refractivity contribution >= 4 is 22.3 Å². The smallest absolute Gasteiger partial charge is 0.191 e. The summed E-state index contributed by atoms with van der Waals surface area (Å²) >= 11 is 1.84. The lowest BCUT2D eigenvalue weighted by Crippen LogP contribution is -2.69. The van der Waals surface area contributed by atoms with Gasteiger partial charge in [-0.3, -0.25) is 4.99 Å². The number of ether oxygens (including phenoxy) is 1. The molecule has 2 saturated carbocycles. The van der Waals surface area contributed by atoms with Crippen LogP contribution in [0.3, 0.4) is 0 Å². The molecule has 144 valence electrons. The number of aliphatic imine (C=N–C) groups is 1. The summed E-state index contributed by atoms with van der Waals surface area (Å²) in [4.78, 5) is 7.01. The van der Waals surface area contributed by atoms with Gasteiger partial charge in [0.1, 0.15) is 0 Å². The summed E-state index contributed by atoms with van der Waals surface area (Å²) in [5.74, 6) is 0.978. The molecule has 5 nitrogen and oxygen atoms in total. The van der Waals surface area contributed by atoms with Gasteiger partial charge < -0.3 is 20.3 Å². The third-order valence-corrected chi connectivity index (χ3v) is 7.55. The van der Waals surface area contributed by atoms with Crippen molar-refractivity contribution in [1.82, 2.24) is 10.6 Å². The van der Waals surface area contributed by atoms with Crippen LogP contribution in [0.4, 0.5) is 5.00 Å². The normalized spacial score (nSPS) is 28.5. The Labute approximate surface area is 161 Å². The van der Waals surface area contributed by atoms with Crippen molar-refractivity contribution in [3.8, 4) is 0 Å². The highest BCUT2D eigenvalue weighted by atomic mass is 32.1. The van der Waals surface area contributed by atoms with Gasteiger partial charge in [0.2, 0.25) is 0 Å². The topological polar surface area (TPSA) is 48.9 Å². The molecule has 2 aliphatic carbocycles. The van der Waals surface area contributed by atoms with Gasteiger partial charge in [-0.1, -0.05) is 6.42 Å². The van der Waals surface area contributed by atoms with Crippen LogP contribution in [0.15, 0.2) is 22.5 Å². The first-order valence-electron chi connectivity index (χ1n) is 10.1. The highest BCUT2D eigenvalue weighted by molar-refractivity contribution is 7.14. The van der Waals surface area contributed by atoms with Gasteiger partial charge >= 0.3 is 0 Å². The maximum Gasteiger partial charge on any atom is 0.191 e. The summed E-state index contributed by atoms with van der Waals surface area (Å²) in [7, 11) is 1.89. The van der Waals surface area contributed by atoms with Crippen LogP contribution in [0, 0.1) is 5.41 Å². The molecule has 2 unspecified atom stereocenters. The zero-order valence-electron chi connectivity index (χ0n) is 16.0. The van der Waals surface area contributed by atoms with Crippen LogP contribution in [0.25, 0.3) is 0 Å². The fourth-order valence-electron chi connectivity index (χ4n) is 4.86. The minimum Gasteiger partial charge on any atom is -0.378 e. The van der Waals surface area contributed by atoms with E-state index in [1.54, 1.807) is 0 Å². The Hall–Kier alpha value is -1.27. The van der Waals surface area contributed by atoms with E-state index in [-0.39, 0.29) is 0 Å². The second-order valence-electron chi connectivity index (χ2n) is 7.89. The van der Waals surface area contributed by atoms with E-state index in [0.717, 1.165) is 44.9 Å². The summed E-state index contributed by atoms with van der Waals surface area (Å²) in [6, 6.07) is 5.39. The Morgan fingerprint density at radius 2 is 2.15 bits per heavy atom. The lowest BCUT2D eigenvalue weighted by Gasteiger charge is -2.61. The minimum atomic E-state index is 0.371. The maximum absolute atomic E-state index is 5.97. The molecule has 1 aliphatic heterocycles. The van der Waals surface area contributed by atoms with E-state index in [9.17, 15) is 0 Å². The van der Waals surface area contributed by atoms with Gasteiger partial charge in [0.05, 0.1) is 11.1 Å². The summed E-state index contributed by atoms with van der Waals surface area (Å²) in [5, 5.41) is 11.0. The predicted octanol–water partition coefficient (Wildman–Crippen LogP) is 3.23. The molecular weight excluding hydrogens is 344 g/mol. The molecular formula is C20H32N4OS. The molecule has 0 amide bonds. The average molecular weight is 377 g/mol. The van der Waals surface area contributed by atoms with E-state index in [1.165, 1.54) is 24.3 Å². The van der Waals surface area contributed by atoms with Gasteiger partial charge in [-0.15, -0.1) is 11.3 Å². The summed E-state index contributed by atoms with van der Waals surface area (Å²) in [6.45, 7) is 5.18. The first-order chi connectivity index (χ1) is 12.7. The van der Waals surface area contributed by atoms with E-state index in [0.29, 0.717) is 23.6 Å². The largest absolute Gasteiger partial charge is 0.378 e. The SMILES string of the molecule is CCOC1CC(NC(=NC)NC2CCN(c3cccs3)CC2)C12CCC2. The first-order valence-corrected chi connectivity index (χ1v) is 11.0. The van der Waals surface area contributed by atoms with Crippen molar-refractivity contribution in [2.24, 2.45) is 10.4 Å². The van der Waals surface area contributed by atoms with E-state index in [2.05, 4.69) is 45.0 Å². The minimum absolute atomic E-state index is 0.371. The Morgan fingerprint density at radius 3 is 2.73 bits per heavy atom. The third kappa shape index (κ3) is 3.33. The molecule has 2 atom stereocenters. The number of nitrogens with zero attached hydrogens (tertiary/aromatic N) is 2. The highest BCUT2D eigenvalue weighted by Gasteiger charge is 2.59. The zero-order chi connectivity index (χ0) is 18.0. The second kappa shape index (κ2) is 7.77. The van der Waals surface area contributed by atoms with Crippen molar-refractivity contribution in [2.75, 3.05) is 31.6 Å². The highest BCUT2D eigenvalue weighted by Crippen LogP contribution is 2.57. The van der Waals surface area contributed by atoms with Gasteiger partial charge in [0, 0.05) is 44.2 Å². The number of thiophene rings is 1. The summed E-state index contributed by atoms with van der Waals surface area (Å²) in [5.41, 5.74) is 0.371. The quantitative estimate of drug-likeness (QED) is 0.612. The van der Waals surface area contributed by atoms with Gasteiger partial charge in [-0.05, 0) is 56.5 Å². The Balaban J connectivity index is 1.27. The molecule has 1 spiro atoms. The Morgan fingerprint density at radius 1 is 1.35 bits per heavy atom.